The summed E-state index contributed by atoms with van der Waals surface area (Å²) in [7, 11) is 0. The molecule has 0 fully saturated rings. The summed E-state index contributed by atoms with van der Waals surface area (Å²) in [5.41, 5.74) is 1.78. The Labute approximate surface area is 191 Å². The second kappa shape index (κ2) is 8.01. The lowest BCUT2D eigenvalue weighted by molar-refractivity contribution is 0.572. The van der Waals surface area contributed by atoms with Gasteiger partial charge in [-0.05, 0) is 61.6 Å². The Morgan fingerprint density at radius 1 is 1.23 bits per heavy atom. The minimum atomic E-state index is -0.202. The molecule has 1 aliphatic carbocycles. The third-order valence-corrected chi connectivity index (χ3v) is 7.06. The fourth-order valence-corrected chi connectivity index (χ4v) is 5.49. The first-order valence-electron chi connectivity index (χ1n) is 9.75. The molecule has 0 spiro atoms. The predicted molar refractivity (Wildman–Crippen MR) is 125 cm³/mol. The summed E-state index contributed by atoms with van der Waals surface area (Å²) < 4.78 is 5.86. The number of rotatable bonds is 3. The number of hydrogen-bond acceptors (Lipinski definition) is 5. The van der Waals surface area contributed by atoms with E-state index in [-0.39, 0.29) is 17.0 Å². The van der Waals surface area contributed by atoms with Crippen molar-refractivity contribution in [2.24, 2.45) is 0 Å². The molecule has 3 aromatic heterocycles. The third kappa shape index (κ3) is 3.70. The zero-order chi connectivity index (χ0) is 21.5. The van der Waals surface area contributed by atoms with Crippen LogP contribution in [0.4, 0.5) is 0 Å². The Balaban J connectivity index is 1.55. The highest BCUT2D eigenvalue weighted by Crippen LogP contribution is 2.35. The van der Waals surface area contributed by atoms with Crippen LogP contribution in [0.1, 0.15) is 34.9 Å². The number of benzene rings is 1. The molecule has 1 N–H and O–H groups in total. The van der Waals surface area contributed by atoms with Crippen molar-refractivity contribution in [1.82, 2.24) is 9.97 Å². The van der Waals surface area contributed by atoms with Gasteiger partial charge in [-0.3, -0.25) is 4.79 Å². The molecule has 0 saturated heterocycles. The van der Waals surface area contributed by atoms with Gasteiger partial charge in [-0.2, -0.15) is 5.26 Å². The number of nitrogens with one attached hydrogen (secondary N) is 1. The van der Waals surface area contributed by atoms with Crippen LogP contribution in [-0.2, 0) is 12.8 Å². The van der Waals surface area contributed by atoms with Crippen LogP contribution in [0.2, 0.25) is 10.0 Å². The lowest BCUT2D eigenvalue weighted by Crippen LogP contribution is -2.12. The van der Waals surface area contributed by atoms with E-state index in [1.807, 2.05) is 0 Å². The molecule has 0 amide bonds. The largest absolute Gasteiger partial charge is 0.457 e. The number of hydrogen-bond donors (Lipinski definition) is 1. The maximum absolute atomic E-state index is 12.8. The quantitative estimate of drug-likeness (QED) is 0.348. The number of H-pyrrole nitrogens is 1. The molecule has 3 heterocycles. The number of furan rings is 1. The van der Waals surface area contributed by atoms with Gasteiger partial charge in [0.25, 0.3) is 5.56 Å². The standard InChI is InChI=1S/C23H15Cl2N3O2S/c24-13-5-7-17(25)16(10-13)18-8-6-14(30-18)9-12(11-26)21-27-22(29)20-15-3-1-2-4-19(15)31-23(20)28-21/h5-10H,1-4H2,(H,27,28,29)/b12-9+. The van der Waals surface area contributed by atoms with Gasteiger partial charge in [0.2, 0.25) is 0 Å². The average molecular weight is 468 g/mol. The molecular formula is C23H15Cl2N3O2S. The minimum Gasteiger partial charge on any atom is -0.457 e. The maximum Gasteiger partial charge on any atom is 0.260 e. The molecular weight excluding hydrogens is 453 g/mol. The van der Waals surface area contributed by atoms with Crippen molar-refractivity contribution in [2.75, 3.05) is 0 Å². The van der Waals surface area contributed by atoms with E-state index in [0.717, 1.165) is 31.2 Å². The van der Waals surface area contributed by atoms with Crippen molar-refractivity contribution in [3.63, 3.8) is 0 Å². The SMILES string of the molecule is N#C/C(=C\c1ccc(-c2cc(Cl)ccc2Cl)o1)c1nc2sc3c(c2c(=O)[nH]1)CCCC3. The molecule has 5 nitrogen and oxygen atoms in total. The molecule has 31 heavy (non-hydrogen) atoms. The first-order valence-corrected chi connectivity index (χ1v) is 11.3. The highest BCUT2D eigenvalue weighted by molar-refractivity contribution is 7.18. The van der Waals surface area contributed by atoms with Crippen molar-refractivity contribution in [1.29, 1.82) is 5.26 Å². The van der Waals surface area contributed by atoms with Crippen molar-refractivity contribution < 1.29 is 4.42 Å². The number of aryl methyl sites for hydroxylation is 2. The van der Waals surface area contributed by atoms with E-state index in [4.69, 9.17) is 27.6 Å². The van der Waals surface area contributed by atoms with Crippen molar-refractivity contribution >= 4 is 56.4 Å². The highest BCUT2D eigenvalue weighted by Gasteiger charge is 2.20. The maximum atomic E-state index is 12.8. The Kier molecular flexibility index (Phi) is 5.19. The fraction of sp³-hybridized carbons (Fsp3) is 0.174. The van der Waals surface area contributed by atoms with Gasteiger partial charge in [-0.15, -0.1) is 11.3 Å². The predicted octanol–water partition coefficient (Wildman–Crippen LogP) is 6.49. The van der Waals surface area contributed by atoms with Crippen molar-refractivity contribution in [3.05, 3.63) is 72.8 Å². The Bertz CT molecular complexity index is 1460. The van der Waals surface area contributed by atoms with Gasteiger partial charge in [0, 0.05) is 21.5 Å². The summed E-state index contributed by atoms with van der Waals surface area (Å²) in [5.74, 6) is 1.20. The molecule has 0 atom stereocenters. The number of nitrogens with zero attached hydrogens (tertiary/aromatic N) is 2. The summed E-state index contributed by atoms with van der Waals surface area (Å²) in [4.78, 5) is 22.1. The Hall–Kier alpha value is -2.85. The number of thiophene rings is 1. The number of fused-ring (bicyclic) bond motifs is 3. The molecule has 5 rings (SSSR count). The molecule has 1 aliphatic rings. The van der Waals surface area contributed by atoms with Crippen LogP contribution in [-0.4, -0.2) is 9.97 Å². The van der Waals surface area contributed by atoms with Gasteiger partial charge >= 0.3 is 0 Å². The van der Waals surface area contributed by atoms with Crippen LogP contribution < -0.4 is 5.56 Å². The van der Waals surface area contributed by atoms with Gasteiger partial charge in [-0.25, -0.2) is 4.98 Å². The molecule has 154 valence electrons. The van der Waals surface area contributed by atoms with Gasteiger partial charge in [0.15, 0.2) is 5.82 Å². The van der Waals surface area contributed by atoms with E-state index in [0.29, 0.717) is 37.3 Å². The number of halogens is 2. The molecule has 0 unspecified atom stereocenters. The lowest BCUT2D eigenvalue weighted by atomic mass is 9.97. The molecule has 0 bridgehead atoms. The van der Waals surface area contributed by atoms with Crippen molar-refractivity contribution in [3.8, 4) is 17.4 Å². The van der Waals surface area contributed by atoms with Gasteiger partial charge in [-0.1, -0.05) is 23.2 Å². The van der Waals surface area contributed by atoms with Crippen LogP contribution in [0.25, 0.3) is 33.2 Å². The van der Waals surface area contributed by atoms with Crippen molar-refractivity contribution in [2.45, 2.75) is 25.7 Å². The van der Waals surface area contributed by atoms with Gasteiger partial charge in [0.1, 0.15) is 22.4 Å². The van der Waals surface area contributed by atoms with E-state index >= 15 is 0 Å². The highest BCUT2D eigenvalue weighted by atomic mass is 35.5. The first kappa shape index (κ1) is 20.1. The molecule has 1 aromatic carbocycles. The van der Waals surface area contributed by atoms with Crippen LogP contribution in [0, 0.1) is 11.3 Å². The Morgan fingerprint density at radius 3 is 2.90 bits per heavy atom. The summed E-state index contributed by atoms with van der Waals surface area (Å²) in [6, 6.07) is 10.7. The second-order valence-corrected chi connectivity index (χ2v) is 9.23. The number of allylic oxidation sites excluding steroid dienone is 1. The van der Waals surface area contributed by atoms with Gasteiger partial charge < -0.3 is 9.40 Å². The van der Waals surface area contributed by atoms with E-state index in [9.17, 15) is 10.1 Å². The number of nitriles is 1. The lowest BCUT2D eigenvalue weighted by Gasteiger charge is -2.09. The molecule has 0 saturated carbocycles. The van der Waals surface area contributed by atoms with E-state index in [1.165, 1.54) is 4.88 Å². The Morgan fingerprint density at radius 2 is 2.06 bits per heavy atom. The average Bonchev–Trinajstić information content (AvgIpc) is 3.38. The minimum absolute atomic E-state index is 0.202. The summed E-state index contributed by atoms with van der Waals surface area (Å²) in [6.07, 6.45) is 5.65. The van der Waals surface area contributed by atoms with E-state index < -0.39 is 0 Å². The molecule has 0 radical (unpaired) electrons. The zero-order valence-corrected chi connectivity index (χ0v) is 18.5. The zero-order valence-electron chi connectivity index (χ0n) is 16.2. The normalized spacial score (nSPS) is 13.9. The monoisotopic (exact) mass is 467 g/mol. The van der Waals surface area contributed by atoms with E-state index in [1.54, 1.807) is 47.7 Å². The van der Waals surface area contributed by atoms with Crippen LogP contribution in [0.15, 0.2) is 39.5 Å². The molecule has 4 aromatic rings. The topological polar surface area (TPSA) is 82.7 Å². The smallest absolute Gasteiger partial charge is 0.260 e. The summed E-state index contributed by atoms with van der Waals surface area (Å²) >= 11 is 13.9. The molecule has 8 heteroatoms. The summed E-state index contributed by atoms with van der Waals surface area (Å²) in [6.45, 7) is 0. The third-order valence-electron chi connectivity index (χ3n) is 5.31. The van der Waals surface area contributed by atoms with Gasteiger partial charge in [0.05, 0.1) is 16.0 Å². The number of aromatic amines is 1. The molecule has 0 aliphatic heterocycles. The fourth-order valence-electron chi connectivity index (χ4n) is 3.85. The van der Waals surface area contributed by atoms with Crippen LogP contribution in [0.5, 0.6) is 0 Å². The van der Waals surface area contributed by atoms with Crippen LogP contribution >= 0.6 is 34.5 Å². The first-order chi connectivity index (χ1) is 15.0. The summed E-state index contributed by atoms with van der Waals surface area (Å²) in [5, 5.41) is 11.4. The number of aromatic nitrogens is 2. The van der Waals surface area contributed by atoms with Crippen LogP contribution in [0.3, 0.4) is 0 Å². The van der Waals surface area contributed by atoms with E-state index in [2.05, 4.69) is 16.0 Å². The second-order valence-electron chi connectivity index (χ2n) is 7.30.